The molecule has 0 N–H and O–H groups in total. The van der Waals surface area contributed by atoms with Crippen LogP contribution in [0.15, 0.2) is 36.5 Å². The summed E-state index contributed by atoms with van der Waals surface area (Å²) < 4.78 is 35.4. The first kappa shape index (κ1) is 18.7. The summed E-state index contributed by atoms with van der Waals surface area (Å²) in [5.41, 5.74) is -1.31. The van der Waals surface area contributed by atoms with Crippen molar-refractivity contribution in [1.29, 1.82) is 0 Å². The molecule has 5 nitrogen and oxygen atoms in total. The van der Waals surface area contributed by atoms with Gasteiger partial charge in [0.15, 0.2) is 5.82 Å². The number of benzene rings is 1. The van der Waals surface area contributed by atoms with Gasteiger partial charge in [0.05, 0.1) is 12.6 Å². The van der Waals surface area contributed by atoms with Crippen molar-refractivity contribution in [3.63, 3.8) is 0 Å². The number of esters is 1. The number of aromatic nitrogens is 2. The van der Waals surface area contributed by atoms with Crippen molar-refractivity contribution in [3.05, 3.63) is 53.9 Å². The summed E-state index contributed by atoms with van der Waals surface area (Å²) in [6.45, 7) is 5.18. The minimum atomic E-state index is -0.791. The summed E-state index contributed by atoms with van der Waals surface area (Å²) in [4.78, 5) is 28.2. The molecule has 7 heteroatoms. The van der Waals surface area contributed by atoms with E-state index in [0.29, 0.717) is 5.39 Å². The van der Waals surface area contributed by atoms with Crippen molar-refractivity contribution in [2.45, 2.75) is 20.8 Å². The molecular weight excluding hydrogens is 354 g/mol. The Morgan fingerprint density at radius 1 is 1.07 bits per heavy atom. The Hall–Kier alpha value is -3.09. The average Bonchev–Trinajstić information content (AvgIpc) is 3.05. The smallest absolute Gasteiger partial charge is 0.356 e. The van der Waals surface area contributed by atoms with Crippen molar-refractivity contribution in [2.24, 2.45) is 5.41 Å². The van der Waals surface area contributed by atoms with Crippen LogP contribution in [0.2, 0.25) is 0 Å². The van der Waals surface area contributed by atoms with Crippen molar-refractivity contribution in [3.8, 4) is 11.3 Å². The number of hydrogen-bond acceptors (Lipinski definition) is 4. The molecule has 2 heterocycles. The van der Waals surface area contributed by atoms with E-state index in [1.54, 1.807) is 32.9 Å². The van der Waals surface area contributed by atoms with E-state index >= 15 is 4.39 Å². The molecule has 3 rings (SSSR count). The third-order valence-electron chi connectivity index (χ3n) is 4.15. The minimum absolute atomic E-state index is 0.0390. The highest BCUT2D eigenvalue weighted by atomic mass is 19.1. The summed E-state index contributed by atoms with van der Waals surface area (Å²) in [5, 5.41) is 0.499. The van der Waals surface area contributed by atoms with E-state index in [1.807, 2.05) is 0 Å². The molecule has 0 saturated carbocycles. The first-order chi connectivity index (χ1) is 12.6. The number of hydrogen-bond donors (Lipinski definition) is 0. The zero-order valence-corrected chi connectivity index (χ0v) is 15.3. The number of halogens is 2. The third kappa shape index (κ3) is 3.20. The van der Waals surface area contributed by atoms with Gasteiger partial charge in [-0.2, -0.15) is 0 Å². The quantitative estimate of drug-likeness (QED) is 0.624. The van der Waals surface area contributed by atoms with Gasteiger partial charge in [0.2, 0.25) is 5.91 Å². The number of methoxy groups -OCH3 is 1. The summed E-state index contributed by atoms with van der Waals surface area (Å²) in [7, 11) is 1.17. The lowest BCUT2D eigenvalue weighted by Crippen LogP contribution is -2.26. The van der Waals surface area contributed by atoms with Crippen LogP contribution in [0.3, 0.4) is 0 Å². The van der Waals surface area contributed by atoms with Gasteiger partial charge < -0.3 is 4.74 Å². The van der Waals surface area contributed by atoms with Gasteiger partial charge in [-0.15, -0.1) is 0 Å². The van der Waals surface area contributed by atoms with E-state index in [4.69, 9.17) is 0 Å². The molecule has 0 saturated heterocycles. The number of fused-ring (bicyclic) bond motifs is 1. The zero-order valence-electron chi connectivity index (χ0n) is 15.3. The lowest BCUT2D eigenvalue weighted by atomic mass is 9.95. The zero-order chi connectivity index (χ0) is 19.9. The number of rotatable bonds is 2. The van der Waals surface area contributed by atoms with E-state index in [1.165, 1.54) is 23.9 Å². The number of nitrogens with zero attached hydrogens (tertiary/aromatic N) is 2. The van der Waals surface area contributed by atoms with Crippen LogP contribution >= 0.6 is 0 Å². The van der Waals surface area contributed by atoms with E-state index < -0.39 is 23.0 Å². The fourth-order valence-electron chi connectivity index (χ4n) is 2.75. The van der Waals surface area contributed by atoms with E-state index in [0.717, 1.165) is 12.1 Å². The number of carbonyl (C=O) groups is 2. The Morgan fingerprint density at radius 3 is 2.41 bits per heavy atom. The molecular formula is C20H18F2N2O3. The molecule has 0 aliphatic carbocycles. The van der Waals surface area contributed by atoms with Crippen LogP contribution < -0.4 is 0 Å². The molecule has 0 fully saturated rings. The second kappa shape index (κ2) is 6.57. The number of carbonyl (C=O) groups excluding carboxylic acids is 2. The highest BCUT2D eigenvalue weighted by molar-refractivity contribution is 5.97. The maximum absolute atomic E-state index is 15.3. The number of pyridine rings is 1. The van der Waals surface area contributed by atoms with Gasteiger partial charge in [-0.05, 0) is 24.3 Å². The maximum Gasteiger partial charge on any atom is 0.356 e. The summed E-state index contributed by atoms with van der Waals surface area (Å²) in [6, 6.07) is 6.74. The Morgan fingerprint density at radius 2 is 1.78 bits per heavy atom. The van der Waals surface area contributed by atoms with Crippen LogP contribution in [0, 0.1) is 17.0 Å². The molecule has 0 atom stereocenters. The molecule has 3 aromatic rings. The molecule has 0 radical (unpaired) electrons. The molecule has 1 aromatic carbocycles. The molecule has 27 heavy (non-hydrogen) atoms. The predicted molar refractivity (Wildman–Crippen MR) is 96.5 cm³/mol. The monoisotopic (exact) mass is 372 g/mol. The first-order valence-electron chi connectivity index (χ1n) is 8.24. The van der Waals surface area contributed by atoms with E-state index in [9.17, 15) is 14.0 Å². The van der Waals surface area contributed by atoms with Crippen LogP contribution in [0.1, 0.15) is 36.1 Å². The Kier molecular flexibility index (Phi) is 4.55. The molecule has 2 aromatic heterocycles. The normalized spacial score (nSPS) is 11.6. The summed E-state index contributed by atoms with van der Waals surface area (Å²) in [6.07, 6.45) is 1.49. The van der Waals surface area contributed by atoms with Gasteiger partial charge in [-0.1, -0.05) is 26.8 Å². The second-order valence-electron chi connectivity index (χ2n) is 7.12. The Balaban J connectivity index is 2.24. The average molecular weight is 372 g/mol. The predicted octanol–water partition coefficient (Wildman–Crippen LogP) is 4.45. The van der Waals surface area contributed by atoms with E-state index in [-0.39, 0.29) is 28.4 Å². The van der Waals surface area contributed by atoms with Gasteiger partial charge in [0.25, 0.3) is 0 Å². The lowest BCUT2D eigenvalue weighted by Gasteiger charge is -2.18. The first-order valence-corrected chi connectivity index (χ1v) is 8.24. The third-order valence-corrected chi connectivity index (χ3v) is 4.15. The van der Waals surface area contributed by atoms with Gasteiger partial charge >= 0.3 is 5.97 Å². The Labute approximate surface area is 154 Å². The largest absolute Gasteiger partial charge is 0.464 e. The fourth-order valence-corrected chi connectivity index (χ4v) is 2.75. The van der Waals surface area contributed by atoms with Crippen LogP contribution in [0.5, 0.6) is 0 Å². The Bertz CT molecular complexity index is 1070. The second-order valence-corrected chi connectivity index (χ2v) is 7.12. The van der Waals surface area contributed by atoms with Crippen LogP contribution in [-0.4, -0.2) is 28.5 Å². The summed E-state index contributed by atoms with van der Waals surface area (Å²) >= 11 is 0. The SMILES string of the molecule is COC(=O)c1ccc(F)c(-c2ccc3ccn(C(=O)C(C)(C)C)c3c2F)n1. The van der Waals surface area contributed by atoms with Gasteiger partial charge in [0.1, 0.15) is 17.2 Å². The fraction of sp³-hybridized carbons (Fsp3) is 0.250. The van der Waals surface area contributed by atoms with Gasteiger partial charge in [-0.25, -0.2) is 18.6 Å². The van der Waals surface area contributed by atoms with E-state index in [2.05, 4.69) is 9.72 Å². The molecule has 140 valence electrons. The molecule has 0 aliphatic heterocycles. The van der Waals surface area contributed by atoms with Crippen molar-refractivity contribution in [2.75, 3.05) is 7.11 Å². The van der Waals surface area contributed by atoms with Crippen LogP contribution in [0.25, 0.3) is 22.2 Å². The maximum atomic E-state index is 15.3. The van der Waals surface area contributed by atoms with Crippen LogP contribution in [-0.2, 0) is 4.74 Å². The van der Waals surface area contributed by atoms with Crippen LogP contribution in [0.4, 0.5) is 8.78 Å². The van der Waals surface area contributed by atoms with Gasteiger partial charge in [0, 0.05) is 22.6 Å². The topological polar surface area (TPSA) is 61.2 Å². The highest BCUT2D eigenvalue weighted by Crippen LogP contribution is 2.31. The van der Waals surface area contributed by atoms with Crippen molar-refractivity contribution < 1.29 is 23.1 Å². The molecule has 0 amide bonds. The van der Waals surface area contributed by atoms with Crippen molar-refractivity contribution in [1.82, 2.24) is 9.55 Å². The molecule has 0 bridgehead atoms. The molecule has 0 unspecified atom stereocenters. The number of ether oxygens (including phenoxy) is 1. The highest BCUT2D eigenvalue weighted by Gasteiger charge is 2.26. The van der Waals surface area contributed by atoms with Gasteiger partial charge in [-0.3, -0.25) is 9.36 Å². The minimum Gasteiger partial charge on any atom is -0.464 e. The molecule has 0 spiro atoms. The lowest BCUT2D eigenvalue weighted by molar-refractivity contribution is 0.0594. The van der Waals surface area contributed by atoms with Crippen molar-refractivity contribution >= 4 is 22.8 Å². The molecule has 0 aliphatic rings. The standard InChI is InChI=1S/C20H18F2N2O3/c1-20(2,3)19(26)24-10-9-11-5-6-12(15(22)17(11)24)16-13(21)7-8-14(23-16)18(25)27-4/h5-10H,1-4H3. The summed E-state index contributed by atoms with van der Waals surface area (Å²) in [5.74, 6) is -2.64.